The molecule has 1 aromatic carbocycles. The summed E-state index contributed by atoms with van der Waals surface area (Å²) in [5.41, 5.74) is 1.03. The third-order valence-electron chi connectivity index (χ3n) is 7.27. The van der Waals surface area contributed by atoms with E-state index in [2.05, 4.69) is 20.4 Å². The van der Waals surface area contributed by atoms with Crippen molar-refractivity contribution in [2.75, 3.05) is 38.0 Å². The Morgan fingerprint density at radius 1 is 1.14 bits per heavy atom. The highest BCUT2D eigenvalue weighted by Gasteiger charge is 2.65. The minimum atomic E-state index is -0.826. The first-order valence-electron chi connectivity index (χ1n) is 10.9. The van der Waals surface area contributed by atoms with Crippen molar-refractivity contribution in [3.05, 3.63) is 29.8 Å². The average molecular weight is 383 g/mol. The fourth-order valence-electron chi connectivity index (χ4n) is 6.02. The molecule has 1 spiro atoms. The van der Waals surface area contributed by atoms with Gasteiger partial charge in [-0.3, -0.25) is 14.5 Å². The normalized spacial score (nSPS) is 32.4. The van der Waals surface area contributed by atoms with Gasteiger partial charge in [-0.05, 0) is 57.8 Å². The Bertz CT molecular complexity index is 776. The Balaban J connectivity index is 1.37. The van der Waals surface area contributed by atoms with E-state index >= 15 is 0 Å². The van der Waals surface area contributed by atoms with Crippen LogP contribution in [0.2, 0.25) is 0 Å². The molecule has 5 rings (SSSR count). The van der Waals surface area contributed by atoms with Crippen LogP contribution in [0.15, 0.2) is 24.3 Å². The summed E-state index contributed by atoms with van der Waals surface area (Å²) in [7, 11) is 0. The van der Waals surface area contributed by atoms with Crippen molar-refractivity contribution in [3.63, 3.8) is 0 Å². The lowest BCUT2D eigenvalue weighted by atomic mass is 9.78. The van der Waals surface area contributed by atoms with Crippen LogP contribution >= 0.6 is 0 Å². The summed E-state index contributed by atoms with van der Waals surface area (Å²) >= 11 is 0. The predicted molar refractivity (Wildman–Crippen MR) is 108 cm³/mol. The molecule has 2 N–H and O–H groups in total. The van der Waals surface area contributed by atoms with Crippen molar-refractivity contribution in [2.24, 2.45) is 5.92 Å². The number of para-hydroxylation sites is 1. The highest BCUT2D eigenvalue weighted by molar-refractivity contribution is 6.09. The number of amides is 2. The van der Waals surface area contributed by atoms with Gasteiger partial charge in [-0.25, -0.2) is 0 Å². The van der Waals surface area contributed by atoms with Crippen LogP contribution in [0.25, 0.3) is 0 Å². The van der Waals surface area contributed by atoms with E-state index in [1.165, 1.54) is 19.3 Å². The number of fused-ring (bicyclic) bond motifs is 4. The molecule has 2 amide bonds. The van der Waals surface area contributed by atoms with E-state index in [-0.39, 0.29) is 17.7 Å². The van der Waals surface area contributed by atoms with Gasteiger partial charge in [-0.1, -0.05) is 24.6 Å². The van der Waals surface area contributed by atoms with Gasteiger partial charge in [0, 0.05) is 30.4 Å². The smallest absolute Gasteiger partial charge is 0.250 e. The molecule has 4 aliphatic rings. The molecule has 0 bridgehead atoms. The predicted octanol–water partition coefficient (Wildman–Crippen LogP) is 1.92. The summed E-state index contributed by atoms with van der Waals surface area (Å²) in [6.07, 6.45) is 6.79. The van der Waals surface area contributed by atoms with Crippen LogP contribution in [0.5, 0.6) is 0 Å². The molecular weight excluding hydrogens is 352 g/mol. The van der Waals surface area contributed by atoms with Gasteiger partial charge in [0.1, 0.15) is 5.54 Å². The van der Waals surface area contributed by atoms with Gasteiger partial charge < -0.3 is 15.5 Å². The second kappa shape index (κ2) is 7.16. The van der Waals surface area contributed by atoms with Gasteiger partial charge in [0.15, 0.2) is 0 Å². The number of piperidine rings is 1. The van der Waals surface area contributed by atoms with Gasteiger partial charge in [-0.2, -0.15) is 0 Å². The minimum Gasteiger partial charge on any atom is -0.354 e. The highest BCUT2D eigenvalue weighted by atomic mass is 16.2. The maximum Gasteiger partial charge on any atom is 0.250 e. The van der Waals surface area contributed by atoms with E-state index in [1.54, 1.807) is 0 Å². The first-order chi connectivity index (χ1) is 13.7. The fraction of sp³-hybridized carbons (Fsp3) is 0.636. The number of benzene rings is 1. The molecule has 0 unspecified atom stereocenters. The molecule has 150 valence electrons. The Morgan fingerprint density at radius 2 is 1.96 bits per heavy atom. The number of nitrogens with one attached hydrogen (secondary N) is 2. The summed E-state index contributed by atoms with van der Waals surface area (Å²) in [6.45, 7) is 4.73. The lowest BCUT2D eigenvalue weighted by Crippen LogP contribution is -2.54. The molecule has 0 saturated carbocycles. The van der Waals surface area contributed by atoms with Crippen LogP contribution < -0.4 is 10.6 Å². The first kappa shape index (κ1) is 18.1. The van der Waals surface area contributed by atoms with Gasteiger partial charge in [0.2, 0.25) is 11.8 Å². The summed E-state index contributed by atoms with van der Waals surface area (Å²) < 4.78 is 0. The molecule has 4 heterocycles. The number of hydrogen-bond acceptors (Lipinski definition) is 4. The molecule has 4 aliphatic heterocycles. The highest BCUT2D eigenvalue weighted by Crippen LogP contribution is 2.55. The van der Waals surface area contributed by atoms with Crippen molar-refractivity contribution >= 4 is 17.5 Å². The second-order valence-electron chi connectivity index (χ2n) is 8.74. The van der Waals surface area contributed by atoms with Crippen molar-refractivity contribution < 1.29 is 9.59 Å². The molecular formula is C22H30N4O2. The van der Waals surface area contributed by atoms with E-state index in [1.807, 2.05) is 24.3 Å². The maximum absolute atomic E-state index is 13.3. The van der Waals surface area contributed by atoms with Crippen molar-refractivity contribution in [1.82, 2.24) is 15.1 Å². The van der Waals surface area contributed by atoms with Crippen molar-refractivity contribution in [1.29, 1.82) is 0 Å². The Labute approximate surface area is 166 Å². The number of anilines is 1. The first-order valence-corrected chi connectivity index (χ1v) is 10.9. The van der Waals surface area contributed by atoms with E-state index in [0.29, 0.717) is 12.6 Å². The van der Waals surface area contributed by atoms with Gasteiger partial charge in [0.25, 0.3) is 0 Å². The molecule has 3 atom stereocenters. The van der Waals surface area contributed by atoms with Crippen LogP contribution in [0, 0.1) is 5.92 Å². The number of likely N-dealkylation sites (tertiary alicyclic amines) is 1. The maximum atomic E-state index is 13.3. The van der Waals surface area contributed by atoms with Gasteiger partial charge in [-0.15, -0.1) is 0 Å². The molecule has 3 fully saturated rings. The number of rotatable bonds is 4. The molecule has 0 aromatic heterocycles. The molecule has 0 aliphatic carbocycles. The number of carbonyl (C=O) groups excluding carboxylic acids is 2. The van der Waals surface area contributed by atoms with E-state index < -0.39 is 5.54 Å². The topological polar surface area (TPSA) is 64.7 Å². The van der Waals surface area contributed by atoms with E-state index in [9.17, 15) is 9.59 Å². The quantitative estimate of drug-likeness (QED) is 0.835. The molecule has 3 saturated heterocycles. The molecule has 6 heteroatoms. The van der Waals surface area contributed by atoms with Crippen LogP contribution in [0.3, 0.4) is 0 Å². The summed E-state index contributed by atoms with van der Waals surface area (Å²) in [4.78, 5) is 31.3. The van der Waals surface area contributed by atoms with Gasteiger partial charge in [0.05, 0.1) is 5.92 Å². The zero-order valence-corrected chi connectivity index (χ0v) is 16.5. The molecule has 6 nitrogen and oxygen atoms in total. The Hall–Kier alpha value is -1.92. The van der Waals surface area contributed by atoms with E-state index in [4.69, 9.17) is 0 Å². The number of hydrogen-bond donors (Lipinski definition) is 2. The Kier molecular flexibility index (Phi) is 4.63. The Morgan fingerprint density at radius 3 is 2.82 bits per heavy atom. The van der Waals surface area contributed by atoms with Gasteiger partial charge >= 0.3 is 0 Å². The minimum absolute atomic E-state index is 0.0192. The lowest BCUT2D eigenvalue weighted by molar-refractivity contribution is -0.137. The third-order valence-corrected chi connectivity index (χ3v) is 7.27. The van der Waals surface area contributed by atoms with Crippen LogP contribution in [-0.2, 0) is 15.1 Å². The largest absolute Gasteiger partial charge is 0.354 e. The van der Waals surface area contributed by atoms with Crippen molar-refractivity contribution in [3.8, 4) is 0 Å². The SMILES string of the molecule is O=C(NCCN1CCCCC1)[C@@H]1C[C@H]2CCCN2[C@]12C(=O)Nc1ccccc12. The zero-order valence-electron chi connectivity index (χ0n) is 16.5. The standard InChI is InChI=1S/C22H30N4O2/c27-20(23-10-14-25-11-4-1-5-12-25)18-15-16-7-6-13-26(16)22(18)17-8-2-3-9-19(17)24-21(22)28/h2-3,8-9,16,18H,1,4-7,10-15H2,(H,23,27)(H,24,28)/t16-,18+,22+/m1/s1. The molecule has 0 radical (unpaired) electrons. The number of carbonyl (C=O) groups is 2. The average Bonchev–Trinajstić information content (AvgIpc) is 3.37. The number of nitrogens with zero attached hydrogens (tertiary/aromatic N) is 2. The summed E-state index contributed by atoms with van der Waals surface area (Å²) in [5.74, 6) is -0.296. The monoisotopic (exact) mass is 382 g/mol. The van der Waals surface area contributed by atoms with Crippen molar-refractivity contribution in [2.45, 2.75) is 50.1 Å². The van der Waals surface area contributed by atoms with Crippen LogP contribution in [0.1, 0.15) is 44.1 Å². The lowest BCUT2D eigenvalue weighted by Gasteiger charge is -2.36. The van der Waals surface area contributed by atoms with E-state index in [0.717, 1.165) is 56.7 Å². The van der Waals surface area contributed by atoms with Crippen LogP contribution in [-0.4, -0.2) is 60.4 Å². The molecule has 1 aromatic rings. The third kappa shape index (κ3) is 2.69. The molecule has 28 heavy (non-hydrogen) atoms. The fourth-order valence-corrected chi connectivity index (χ4v) is 6.02. The summed E-state index contributed by atoms with van der Waals surface area (Å²) in [6, 6.07) is 8.24. The zero-order chi connectivity index (χ0) is 19.1. The second-order valence-corrected chi connectivity index (χ2v) is 8.74. The van der Waals surface area contributed by atoms with Crippen LogP contribution in [0.4, 0.5) is 5.69 Å². The summed E-state index contributed by atoms with van der Waals surface area (Å²) in [5, 5.41) is 6.24.